The van der Waals surface area contributed by atoms with Crippen LogP contribution in [0.4, 0.5) is 0 Å². The monoisotopic (exact) mass is 446 g/mol. The number of nitrogens with zero attached hydrogens (tertiary/aromatic N) is 4. The molecule has 0 aliphatic carbocycles. The Balaban J connectivity index is 1.79. The first-order chi connectivity index (χ1) is 15.8. The molecule has 31 heavy (non-hydrogen) atoms. The highest BCUT2D eigenvalue weighted by Crippen LogP contribution is 2.31. The largest absolute Gasteiger partial charge is 0.479 e. The summed E-state index contributed by atoms with van der Waals surface area (Å²) in [4.78, 5) is 39.9. The van der Waals surface area contributed by atoms with Gasteiger partial charge in [0.05, 0.1) is 18.8 Å². The van der Waals surface area contributed by atoms with Gasteiger partial charge in [0.25, 0.3) is 5.56 Å². The number of aromatic nitrogens is 2. The summed E-state index contributed by atoms with van der Waals surface area (Å²) < 4.78 is 39.1. The zero-order chi connectivity index (χ0) is 25.4. The van der Waals surface area contributed by atoms with E-state index in [0.717, 1.165) is 10.8 Å². The van der Waals surface area contributed by atoms with Gasteiger partial charge in [0.1, 0.15) is 24.5 Å². The summed E-state index contributed by atoms with van der Waals surface area (Å²) in [7, 11) is 0. The van der Waals surface area contributed by atoms with Crippen LogP contribution in [0.5, 0.6) is 0 Å². The van der Waals surface area contributed by atoms with Crippen LogP contribution in [0, 0.1) is 6.85 Å². The van der Waals surface area contributed by atoms with E-state index in [0.29, 0.717) is 0 Å². The lowest BCUT2D eigenvalue weighted by molar-refractivity contribution is -0.298. The number of hydrogen-bond acceptors (Lipinski definition) is 10. The molecule has 0 spiro atoms. The Labute approximate surface area is 177 Å². The number of carboxylic acids is 1. The minimum absolute atomic E-state index is 0.127. The molecule has 170 valence electrons. The van der Waals surface area contributed by atoms with E-state index in [2.05, 4.69) is 10.0 Å². The molecule has 5 N–H and O–H groups in total. The highest BCUT2D eigenvalue weighted by Gasteiger charge is 2.48. The van der Waals surface area contributed by atoms with Crippen molar-refractivity contribution in [2.45, 2.75) is 62.4 Å². The van der Waals surface area contributed by atoms with Crippen LogP contribution >= 0.6 is 0 Å². The highest BCUT2D eigenvalue weighted by atomic mass is 16.7. The van der Waals surface area contributed by atoms with Crippen molar-refractivity contribution < 1.29 is 43.5 Å². The zero-order valence-electron chi connectivity index (χ0n) is 18.6. The summed E-state index contributed by atoms with van der Waals surface area (Å²) in [5, 5.41) is 42.3. The number of H-pyrrole nitrogens is 1. The maximum Gasteiger partial charge on any atom is 0.335 e. The Morgan fingerprint density at radius 1 is 1.39 bits per heavy atom. The first-order valence-electron chi connectivity index (χ1n) is 10.4. The molecule has 2 aliphatic rings. The second-order valence-electron chi connectivity index (χ2n) is 6.91. The molecule has 0 unspecified atom stereocenters. The minimum Gasteiger partial charge on any atom is -0.479 e. The maximum atomic E-state index is 12.2. The Hall–Kier alpha value is -2.78. The molecule has 3 rings (SSSR count). The van der Waals surface area contributed by atoms with Gasteiger partial charge in [-0.3, -0.25) is 14.3 Å². The number of carbonyl (C=O) groups is 1. The molecule has 8 atom stereocenters. The number of aliphatic carboxylic acids is 1. The van der Waals surface area contributed by atoms with Gasteiger partial charge in [-0.25, -0.2) is 9.59 Å². The summed E-state index contributed by atoms with van der Waals surface area (Å²) in [5.41, 5.74) is 6.11. The van der Waals surface area contributed by atoms with Gasteiger partial charge in [0.15, 0.2) is 12.4 Å². The van der Waals surface area contributed by atoms with Crippen LogP contribution in [0.25, 0.3) is 10.4 Å². The van der Waals surface area contributed by atoms with E-state index in [4.69, 9.17) is 29.0 Å². The number of rotatable bonds is 6. The summed E-state index contributed by atoms with van der Waals surface area (Å²) >= 11 is 0. The molecule has 2 aliphatic heterocycles. The first-order valence-corrected chi connectivity index (χ1v) is 8.94. The average molecular weight is 446 g/mol. The minimum atomic E-state index is -2.82. The number of aliphatic hydroxyl groups is 3. The Kier molecular flexibility index (Phi) is 5.59. The molecule has 0 radical (unpaired) electrons. The van der Waals surface area contributed by atoms with Gasteiger partial charge in [-0.2, -0.15) is 0 Å². The SMILES string of the molecule is [2H]C([2H])([2H])c1cn([C@H]2C[C@H](N=[N+]=[N-])[C@@H](CO[C@@H]3O[C@H](C(=O)O)[C@@H](O)[C@H](O)[C@H]3O)O2)c(=O)[nH]c1=O. The number of nitrogens with one attached hydrogen (secondary N) is 1. The first kappa shape index (κ1) is 18.9. The molecule has 0 aromatic carbocycles. The van der Waals surface area contributed by atoms with E-state index >= 15 is 0 Å². The molecule has 1 aromatic heterocycles. The third-order valence-electron chi connectivity index (χ3n) is 4.92. The highest BCUT2D eigenvalue weighted by molar-refractivity contribution is 5.73. The van der Waals surface area contributed by atoms with Crippen molar-refractivity contribution in [3.63, 3.8) is 0 Å². The number of aryl methyl sites for hydroxylation is 1. The summed E-state index contributed by atoms with van der Waals surface area (Å²) in [5.74, 6) is -1.61. The van der Waals surface area contributed by atoms with Crippen LogP contribution in [-0.4, -0.2) is 85.4 Å². The normalized spacial score (nSPS) is 37.3. The van der Waals surface area contributed by atoms with Gasteiger partial charge in [-0.15, -0.1) is 0 Å². The lowest BCUT2D eigenvalue weighted by Crippen LogP contribution is -2.60. The summed E-state index contributed by atoms with van der Waals surface area (Å²) in [6.45, 7) is -3.31. The number of aromatic amines is 1. The summed E-state index contributed by atoms with van der Waals surface area (Å²) in [6.07, 6.45) is -10.8. The zero-order valence-corrected chi connectivity index (χ0v) is 15.6. The van der Waals surface area contributed by atoms with Gasteiger partial charge in [-0.05, 0) is 12.4 Å². The predicted octanol–water partition coefficient (Wildman–Crippen LogP) is -2.28. The second-order valence-corrected chi connectivity index (χ2v) is 6.91. The molecular weight excluding hydrogens is 422 g/mol. The lowest BCUT2D eigenvalue weighted by atomic mass is 9.99. The molecule has 0 saturated carbocycles. The van der Waals surface area contributed by atoms with Crippen LogP contribution < -0.4 is 11.2 Å². The van der Waals surface area contributed by atoms with Crippen molar-refractivity contribution in [3.8, 4) is 0 Å². The van der Waals surface area contributed by atoms with Crippen LogP contribution in [0.3, 0.4) is 0 Å². The number of hydrogen-bond donors (Lipinski definition) is 5. The molecule has 0 amide bonds. The van der Waals surface area contributed by atoms with Crippen molar-refractivity contribution in [2.24, 2.45) is 5.11 Å². The van der Waals surface area contributed by atoms with E-state index in [1.165, 1.54) is 0 Å². The smallest absolute Gasteiger partial charge is 0.335 e. The van der Waals surface area contributed by atoms with Gasteiger partial charge in [0, 0.05) is 27.2 Å². The van der Waals surface area contributed by atoms with Gasteiger partial charge in [0.2, 0.25) is 0 Å². The maximum absolute atomic E-state index is 12.2. The fourth-order valence-electron chi connectivity index (χ4n) is 3.30. The Morgan fingerprint density at radius 3 is 2.77 bits per heavy atom. The fourth-order valence-corrected chi connectivity index (χ4v) is 3.30. The average Bonchev–Trinajstić information content (AvgIpc) is 3.13. The van der Waals surface area contributed by atoms with Crippen molar-refractivity contribution in [1.82, 2.24) is 9.55 Å². The predicted molar refractivity (Wildman–Crippen MR) is 97.8 cm³/mol. The van der Waals surface area contributed by atoms with Crippen LogP contribution in [0.1, 0.15) is 22.3 Å². The Bertz CT molecular complexity index is 1090. The van der Waals surface area contributed by atoms with Crippen molar-refractivity contribution in [2.75, 3.05) is 6.61 Å². The van der Waals surface area contributed by atoms with Crippen molar-refractivity contribution in [3.05, 3.63) is 43.0 Å². The van der Waals surface area contributed by atoms with Crippen molar-refractivity contribution in [1.29, 1.82) is 0 Å². The van der Waals surface area contributed by atoms with E-state index in [1.54, 1.807) is 0 Å². The van der Waals surface area contributed by atoms with E-state index in [9.17, 15) is 29.7 Å². The lowest BCUT2D eigenvalue weighted by Gasteiger charge is -2.38. The van der Waals surface area contributed by atoms with Crippen LogP contribution in [-0.2, 0) is 19.0 Å². The van der Waals surface area contributed by atoms with Crippen LogP contribution in [0.15, 0.2) is 20.9 Å². The topological polar surface area (TPSA) is 229 Å². The van der Waals surface area contributed by atoms with Crippen LogP contribution in [0.2, 0.25) is 0 Å². The number of carboxylic acid groups (broad SMARTS) is 1. The van der Waals surface area contributed by atoms with E-state index < -0.39 is 85.3 Å². The molecule has 2 fully saturated rings. The molecule has 0 bridgehead atoms. The number of azide groups is 1. The third-order valence-corrected chi connectivity index (χ3v) is 4.92. The third kappa shape index (κ3) is 4.62. The van der Waals surface area contributed by atoms with Gasteiger partial charge >= 0.3 is 11.7 Å². The molecular formula is C16H21N5O10. The van der Waals surface area contributed by atoms with E-state index in [1.807, 2.05) is 4.98 Å². The molecule has 3 heterocycles. The quantitative estimate of drug-likeness (QED) is 0.178. The van der Waals surface area contributed by atoms with Crippen molar-refractivity contribution >= 4 is 5.97 Å². The second kappa shape index (κ2) is 9.15. The van der Waals surface area contributed by atoms with Gasteiger partial charge in [-0.1, -0.05) is 5.11 Å². The molecule has 2 saturated heterocycles. The van der Waals surface area contributed by atoms with Gasteiger partial charge < -0.3 is 34.6 Å². The standard InChI is InChI=1S/C16H21N5O10/c1-5-3-21(16(28)18-13(5)25)8-2-6(19-20-17)7(30-8)4-29-15-11(24)9(22)10(23)12(31-15)14(26)27/h3,6-12,15,22-24H,2,4H2,1H3,(H,26,27)(H,18,25,28)/t6-,7+,8+,9-,10-,11+,12-,15+/m0/s1/i1D3. The molecule has 1 aromatic rings. The summed E-state index contributed by atoms with van der Waals surface area (Å²) in [6, 6.07) is -0.962. The molecule has 15 heteroatoms. The molecule has 15 nitrogen and oxygen atoms in total. The number of ether oxygens (including phenoxy) is 3. The fraction of sp³-hybridized carbons (Fsp3) is 0.688. The number of aliphatic hydroxyl groups excluding tert-OH is 3. The Morgan fingerprint density at radius 2 is 2.13 bits per heavy atom. The van der Waals surface area contributed by atoms with E-state index in [-0.39, 0.29) is 6.42 Å².